The molecular weight excluding hydrogens is 1080 g/mol. The summed E-state index contributed by atoms with van der Waals surface area (Å²) in [5.41, 5.74) is 0. The van der Waals surface area contributed by atoms with Gasteiger partial charge in [-0.3, -0.25) is 37.3 Å². The number of ether oxygens (including phenoxy) is 4. The Bertz CT molecular complexity index is 1630. The molecule has 0 saturated heterocycles. The first kappa shape index (κ1) is 79.1. The van der Waals surface area contributed by atoms with Crippen molar-refractivity contribution in [3.05, 3.63) is 0 Å². The number of hydrogen-bond donors (Lipinski definition) is 3. The highest BCUT2D eigenvalue weighted by Crippen LogP contribution is 2.45. The van der Waals surface area contributed by atoms with Crippen LogP contribution in [0.25, 0.3) is 0 Å². The summed E-state index contributed by atoms with van der Waals surface area (Å²) in [5.74, 6) is 0.664. The Labute approximate surface area is 492 Å². The molecule has 17 nitrogen and oxygen atoms in total. The van der Waals surface area contributed by atoms with E-state index >= 15 is 0 Å². The van der Waals surface area contributed by atoms with Crippen molar-refractivity contribution in [2.24, 2.45) is 23.7 Å². The molecule has 0 aromatic rings. The number of unbranched alkanes of at least 4 members (excludes halogenated alkanes) is 25. The van der Waals surface area contributed by atoms with Gasteiger partial charge in [0.05, 0.1) is 26.4 Å². The molecule has 0 saturated carbocycles. The van der Waals surface area contributed by atoms with Gasteiger partial charge in [-0.05, 0) is 49.4 Å². The monoisotopic (exact) mass is 1200 g/mol. The maximum Gasteiger partial charge on any atom is 0.472 e. The highest BCUT2D eigenvalue weighted by Gasteiger charge is 2.30. The van der Waals surface area contributed by atoms with Crippen LogP contribution in [0.15, 0.2) is 0 Å². The number of phosphoric ester groups is 2. The zero-order valence-electron chi connectivity index (χ0n) is 52.4. The van der Waals surface area contributed by atoms with E-state index < -0.39 is 97.5 Å². The standard InChI is InChI=1S/C62H120O17P2/c1-52(2)38-30-22-14-10-9-11-17-28-36-44-61(66)78-57(49-73-60(65)43-35-27-20-18-24-32-40-54(5)6)50-76-80(68,69)74-46-56(63)47-75-81(70,71)77-51-58(79-62(67)45-37-29-21-19-25-33-41-55(7)8)48-72-59(64)42-34-26-16-13-12-15-23-31-39-53(3)4/h52-58,63H,9-51H2,1-8H3,(H,68,69)(H,70,71)/t56?,57-,58-/m1/s1. The predicted octanol–water partition coefficient (Wildman–Crippen LogP) is 16.6. The highest BCUT2D eigenvalue weighted by atomic mass is 31.2. The summed E-state index contributed by atoms with van der Waals surface area (Å²) in [6.07, 6.45) is 31.1. The van der Waals surface area contributed by atoms with Crippen molar-refractivity contribution in [2.45, 2.75) is 311 Å². The van der Waals surface area contributed by atoms with Crippen molar-refractivity contribution in [3.63, 3.8) is 0 Å². The zero-order valence-corrected chi connectivity index (χ0v) is 54.2. The molecule has 0 rings (SSSR count). The lowest BCUT2D eigenvalue weighted by atomic mass is 10.0. The van der Waals surface area contributed by atoms with Gasteiger partial charge < -0.3 is 33.8 Å². The van der Waals surface area contributed by atoms with Gasteiger partial charge in [0, 0.05) is 25.7 Å². The van der Waals surface area contributed by atoms with Gasteiger partial charge >= 0.3 is 39.5 Å². The fraction of sp³-hybridized carbons (Fsp3) is 0.935. The molecule has 0 amide bonds. The molecule has 5 atom stereocenters. The highest BCUT2D eigenvalue weighted by molar-refractivity contribution is 7.47. The number of aliphatic hydroxyl groups excluding tert-OH is 1. The van der Waals surface area contributed by atoms with E-state index in [1.165, 1.54) is 89.9 Å². The Morgan fingerprint density at radius 2 is 0.519 bits per heavy atom. The predicted molar refractivity (Wildman–Crippen MR) is 321 cm³/mol. The number of hydrogen-bond acceptors (Lipinski definition) is 15. The molecule has 0 radical (unpaired) electrons. The Morgan fingerprint density at radius 3 is 0.765 bits per heavy atom. The van der Waals surface area contributed by atoms with E-state index in [4.69, 9.17) is 37.0 Å². The second kappa shape index (κ2) is 52.4. The van der Waals surface area contributed by atoms with Gasteiger partial charge in [0.2, 0.25) is 0 Å². The Kier molecular flexibility index (Phi) is 51.1. The summed E-state index contributed by atoms with van der Waals surface area (Å²) in [4.78, 5) is 72.0. The molecule has 0 aliphatic rings. The van der Waals surface area contributed by atoms with Crippen LogP contribution in [0.1, 0.15) is 293 Å². The van der Waals surface area contributed by atoms with Gasteiger partial charge in [-0.25, -0.2) is 9.13 Å². The zero-order chi connectivity index (χ0) is 60.4. The van der Waals surface area contributed by atoms with Crippen LogP contribution in [0.5, 0.6) is 0 Å². The van der Waals surface area contributed by atoms with Gasteiger partial charge in [0.1, 0.15) is 19.3 Å². The minimum Gasteiger partial charge on any atom is -0.462 e. The van der Waals surface area contributed by atoms with Gasteiger partial charge in [0.25, 0.3) is 0 Å². The van der Waals surface area contributed by atoms with E-state index in [9.17, 15) is 43.2 Å². The van der Waals surface area contributed by atoms with Crippen LogP contribution < -0.4 is 0 Å². The molecule has 0 aliphatic heterocycles. The third kappa shape index (κ3) is 56.9. The third-order valence-corrected chi connectivity index (χ3v) is 16.0. The molecule has 0 aromatic heterocycles. The van der Waals surface area contributed by atoms with E-state index in [0.29, 0.717) is 37.5 Å². The average Bonchev–Trinajstić information content (AvgIpc) is 3.40. The molecule has 3 unspecified atom stereocenters. The number of carbonyl (C=O) groups is 4. The Morgan fingerprint density at radius 1 is 0.309 bits per heavy atom. The van der Waals surface area contributed by atoms with Crippen molar-refractivity contribution in [1.82, 2.24) is 0 Å². The topological polar surface area (TPSA) is 237 Å². The first-order chi connectivity index (χ1) is 38.6. The van der Waals surface area contributed by atoms with Crippen molar-refractivity contribution in [1.29, 1.82) is 0 Å². The minimum atomic E-state index is -4.94. The molecule has 0 aliphatic carbocycles. The molecule has 0 heterocycles. The van der Waals surface area contributed by atoms with Crippen LogP contribution in [0.2, 0.25) is 0 Å². The lowest BCUT2D eigenvalue weighted by Crippen LogP contribution is -2.30. The first-order valence-electron chi connectivity index (χ1n) is 32.2. The second-order valence-corrected chi connectivity index (χ2v) is 27.3. The summed E-state index contributed by atoms with van der Waals surface area (Å²) >= 11 is 0. The molecule has 0 fully saturated rings. The fourth-order valence-electron chi connectivity index (χ4n) is 9.08. The molecular formula is C62H120O17P2. The van der Waals surface area contributed by atoms with Crippen LogP contribution in [-0.2, 0) is 65.4 Å². The molecule has 0 spiro atoms. The number of rotatable bonds is 59. The van der Waals surface area contributed by atoms with E-state index in [1.54, 1.807) is 0 Å². The molecule has 3 N–H and O–H groups in total. The quantitative estimate of drug-likeness (QED) is 0.0222. The normalized spacial score (nSPS) is 14.5. The summed E-state index contributed by atoms with van der Waals surface area (Å²) in [6, 6.07) is 0. The number of esters is 4. The lowest BCUT2D eigenvalue weighted by molar-refractivity contribution is -0.161. The maximum absolute atomic E-state index is 12.9. The molecule has 19 heteroatoms. The van der Waals surface area contributed by atoms with Crippen molar-refractivity contribution >= 4 is 39.5 Å². The van der Waals surface area contributed by atoms with Gasteiger partial charge in [-0.2, -0.15) is 0 Å². The summed E-state index contributed by atoms with van der Waals surface area (Å²) < 4.78 is 67.8. The minimum absolute atomic E-state index is 0.101. The number of carbonyl (C=O) groups excluding carboxylic acids is 4. The van der Waals surface area contributed by atoms with Crippen LogP contribution in [0, 0.1) is 23.7 Å². The van der Waals surface area contributed by atoms with Crippen LogP contribution in [-0.4, -0.2) is 96.7 Å². The van der Waals surface area contributed by atoms with Crippen molar-refractivity contribution in [2.75, 3.05) is 39.6 Å². The smallest absolute Gasteiger partial charge is 0.462 e. The Balaban J connectivity index is 5.24. The van der Waals surface area contributed by atoms with Gasteiger partial charge in [-0.15, -0.1) is 0 Å². The van der Waals surface area contributed by atoms with E-state index in [1.807, 2.05) is 0 Å². The summed E-state index contributed by atoms with van der Waals surface area (Å²) in [7, 11) is -9.88. The van der Waals surface area contributed by atoms with Crippen LogP contribution in [0.4, 0.5) is 0 Å². The largest absolute Gasteiger partial charge is 0.472 e. The Hall–Kier alpha value is -1.94. The van der Waals surface area contributed by atoms with E-state index in [0.717, 1.165) is 108 Å². The van der Waals surface area contributed by atoms with Crippen LogP contribution >= 0.6 is 15.6 Å². The first-order valence-corrected chi connectivity index (χ1v) is 35.2. The second-order valence-electron chi connectivity index (χ2n) is 24.3. The summed E-state index contributed by atoms with van der Waals surface area (Å²) in [6.45, 7) is 13.8. The summed E-state index contributed by atoms with van der Waals surface area (Å²) in [5, 5.41) is 10.5. The average molecular weight is 1200 g/mol. The van der Waals surface area contributed by atoms with Gasteiger partial charge in [-0.1, -0.05) is 242 Å². The number of aliphatic hydroxyl groups is 1. The maximum atomic E-state index is 12.9. The number of phosphoric acid groups is 2. The lowest BCUT2D eigenvalue weighted by Gasteiger charge is -2.21. The van der Waals surface area contributed by atoms with E-state index in [-0.39, 0.29) is 25.7 Å². The van der Waals surface area contributed by atoms with Crippen molar-refractivity contribution < 1.29 is 80.2 Å². The molecule has 480 valence electrons. The molecule has 0 bridgehead atoms. The van der Waals surface area contributed by atoms with Crippen molar-refractivity contribution in [3.8, 4) is 0 Å². The SMILES string of the molecule is CC(C)CCCCCCCCCCCC(=O)O[C@H](COC(=O)CCCCCCCCC(C)C)COP(=O)(O)OCC(O)COP(=O)(O)OC[C@@H](COC(=O)CCCCCCCCCCC(C)C)OC(=O)CCCCCCCCC(C)C. The fourth-order valence-corrected chi connectivity index (χ4v) is 10.7. The molecule has 81 heavy (non-hydrogen) atoms. The molecule has 0 aromatic carbocycles. The third-order valence-electron chi connectivity index (χ3n) is 14.1. The van der Waals surface area contributed by atoms with Crippen LogP contribution in [0.3, 0.4) is 0 Å². The van der Waals surface area contributed by atoms with E-state index in [2.05, 4.69) is 55.4 Å². The van der Waals surface area contributed by atoms with Gasteiger partial charge in [0.15, 0.2) is 12.2 Å².